The third-order valence-electron chi connectivity index (χ3n) is 2.21. The fourth-order valence-electron chi connectivity index (χ4n) is 1.41. The summed E-state index contributed by atoms with van der Waals surface area (Å²) in [5.41, 5.74) is 1.04. The van der Waals surface area contributed by atoms with Crippen molar-refractivity contribution in [2.45, 2.75) is 13.3 Å². The van der Waals surface area contributed by atoms with Crippen LogP contribution in [0.1, 0.15) is 5.56 Å². The molecular formula is C11H10BrN3O3. The highest BCUT2D eigenvalue weighted by Crippen LogP contribution is 2.21. The first kappa shape index (κ1) is 12.7. The van der Waals surface area contributed by atoms with Crippen LogP contribution in [0.2, 0.25) is 0 Å². The van der Waals surface area contributed by atoms with Gasteiger partial charge in [-0.2, -0.15) is 4.68 Å². The van der Waals surface area contributed by atoms with Crippen LogP contribution in [0.3, 0.4) is 0 Å². The molecule has 2 aromatic rings. The summed E-state index contributed by atoms with van der Waals surface area (Å²) >= 11 is 3.07. The van der Waals surface area contributed by atoms with Crippen LogP contribution >= 0.6 is 15.9 Å². The molecule has 0 aliphatic rings. The van der Waals surface area contributed by atoms with Gasteiger partial charge in [0.15, 0.2) is 6.73 Å². The molecular weight excluding hydrogens is 302 g/mol. The van der Waals surface area contributed by atoms with Gasteiger partial charge < -0.3 is 14.9 Å². The van der Waals surface area contributed by atoms with Crippen LogP contribution < -0.4 is 0 Å². The second-order valence-electron chi connectivity index (χ2n) is 3.56. The number of nitrogens with zero attached hydrogens (tertiary/aromatic N) is 3. The van der Waals surface area contributed by atoms with Crippen molar-refractivity contribution in [2.24, 2.45) is 0 Å². The number of benzene rings is 1. The zero-order valence-electron chi connectivity index (χ0n) is 9.32. The Hall–Kier alpha value is -1.73. The Kier molecular flexibility index (Phi) is 4.06. The summed E-state index contributed by atoms with van der Waals surface area (Å²) < 4.78 is 7.13. The molecule has 1 aromatic carbocycles. The van der Waals surface area contributed by atoms with E-state index in [1.165, 1.54) is 10.9 Å². The summed E-state index contributed by atoms with van der Waals surface area (Å²) in [4.78, 5) is 10.0. The highest BCUT2D eigenvalue weighted by Gasteiger charge is 2.18. The number of ether oxygens (including phenoxy) is 1. The van der Waals surface area contributed by atoms with Crippen LogP contribution in [0.15, 0.2) is 41.0 Å². The van der Waals surface area contributed by atoms with Gasteiger partial charge in [0.25, 0.3) is 0 Å². The average Bonchev–Trinajstić information content (AvgIpc) is 2.72. The lowest BCUT2D eigenvalue weighted by atomic mass is 10.2. The topological polar surface area (TPSA) is 70.2 Å². The number of hydrogen-bond acceptors (Lipinski definition) is 4. The first-order valence-electron chi connectivity index (χ1n) is 5.16. The third-order valence-corrected chi connectivity index (χ3v) is 2.77. The molecule has 0 atom stereocenters. The normalized spacial score (nSPS) is 10.5. The molecule has 0 unspecified atom stereocenters. The van der Waals surface area contributed by atoms with E-state index in [1.807, 2.05) is 30.3 Å². The van der Waals surface area contributed by atoms with E-state index in [9.17, 15) is 10.1 Å². The molecule has 0 bridgehead atoms. The Labute approximate surface area is 111 Å². The number of nitro groups is 1. The highest BCUT2D eigenvalue weighted by atomic mass is 79.9. The van der Waals surface area contributed by atoms with Crippen molar-refractivity contribution in [3.05, 3.63) is 56.7 Å². The quantitative estimate of drug-likeness (QED) is 0.629. The molecule has 0 fully saturated rings. The van der Waals surface area contributed by atoms with Crippen LogP contribution in [-0.2, 0) is 18.1 Å². The smallest absolute Gasteiger partial charge is 0.358 e. The number of hydrogen-bond donors (Lipinski definition) is 0. The first-order chi connectivity index (χ1) is 8.66. The molecule has 1 heterocycles. The average molecular weight is 312 g/mol. The lowest BCUT2D eigenvalue weighted by Crippen LogP contribution is -2.03. The minimum Gasteiger partial charge on any atom is -0.358 e. The summed E-state index contributed by atoms with van der Waals surface area (Å²) in [6.07, 6.45) is 1.52. The maximum Gasteiger partial charge on any atom is 0.404 e. The Morgan fingerprint density at radius 1 is 1.39 bits per heavy atom. The van der Waals surface area contributed by atoms with Crippen LogP contribution in [0.25, 0.3) is 0 Å². The van der Waals surface area contributed by atoms with Crippen molar-refractivity contribution >= 4 is 21.7 Å². The minimum atomic E-state index is -0.544. The number of halogens is 1. The van der Waals surface area contributed by atoms with Gasteiger partial charge >= 0.3 is 5.82 Å². The molecule has 0 saturated carbocycles. The Morgan fingerprint density at radius 2 is 2.11 bits per heavy atom. The maximum atomic E-state index is 10.6. The molecule has 18 heavy (non-hydrogen) atoms. The maximum absolute atomic E-state index is 10.6. The fourth-order valence-corrected chi connectivity index (χ4v) is 1.87. The van der Waals surface area contributed by atoms with Crippen molar-refractivity contribution in [3.63, 3.8) is 0 Å². The minimum absolute atomic E-state index is 0.168. The molecule has 0 saturated heterocycles. The predicted octanol–water partition coefficient (Wildman–Crippen LogP) is 2.73. The Morgan fingerprint density at radius 3 is 2.72 bits per heavy atom. The summed E-state index contributed by atoms with van der Waals surface area (Å²) in [6.45, 7) is 0.605. The SMILES string of the molecule is O=[N+]([O-])c1nn(COCc2ccccc2)cc1Br. The van der Waals surface area contributed by atoms with Crippen molar-refractivity contribution in [2.75, 3.05) is 0 Å². The Balaban J connectivity index is 1.91. The van der Waals surface area contributed by atoms with Crippen LogP contribution in [0.4, 0.5) is 5.82 Å². The molecule has 0 amide bonds. The van der Waals surface area contributed by atoms with Gasteiger partial charge in [-0.3, -0.25) is 0 Å². The van der Waals surface area contributed by atoms with Gasteiger partial charge in [-0.05, 0) is 26.4 Å². The fraction of sp³-hybridized carbons (Fsp3) is 0.182. The molecule has 1 aromatic heterocycles. The highest BCUT2D eigenvalue weighted by molar-refractivity contribution is 9.10. The van der Waals surface area contributed by atoms with Gasteiger partial charge in [0.05, 0.1) is 17.9 Å². The molecule has 0 N–H and O–H groups in total. The molecule has 6 nitrogen and oxygen atoms in total. The molecule has 94 valence electrons. The van der Waals surface area contributed by atoms with Crippen LogP contribution in [0.5, 0.6) is 0 Å². The lowest BCUT2D eigenvalue weighted by Gasteiger charge is -2.01. The molecule has 7 heteroatoms. The van der Waals surface area contributed by atoms with Gasteiger partial charge in [-0.15, -0.1) is 0 Å². The third kappa shape index (κ3) is 3.14. The van der Waals surface area contributed by atoms with Gasteiger partial charge in [-0.25, -0.2) is 0 Å². The number of aromatic nitrogens is 2. The summed E-state index contributed by atoms with van der Waals surface area (Å²) in [5, 5.41) is 14.4. The summed E-state index contributed by atoms with van der Waals surface area (Å²) in [7, 11) is 0. The lowest BCUT2D eigenvalue weighted by molar-refractivity contribution is -0.390. The molecule has 0 aliphatic heterocycles. The van der Waals surface area contributed by atoms with Crippen LogP contribution in [-0.4, -0.2) is 14.7 Å². The van der Waals surface area contributed by atoms with Gasteiger partial charge in [0.1, 0.15) is 4.47 Å². The monoisotopic (exact) mass is 311 g/mol. The predicted molar refractivity (Wildman–Crippen MR) is 67.8 cm³/mol. The van der Waals surface area contributed by atoms with Gasteiger partial charge in [0, 0.05) is 0 Å². The molecule has 0 radical (unpaired) electrons. The molecule has 0 aliphatic carbocycles. The van der Waals surface area contributed by atoms with E-state index in [1.54, 1.807) is 0 Å². The van der Waals surface area contributed by atoms with E-state index in [2.05, 4.69) is 21.0 Å². The van der Waals surface area contributed by atoms with E-state index in [4.69, 9.17) is 4.74 Å². The Bertz CT molecular complexity index is 542. The second kappa shape index (κ2) is 5.74. The van der Waals surface area contributed by atoms with Gasteiger partial charge in [-0.1, -0.05) is 30.3 Å². The van der Waals surface area contributed by atoms with E-state index in [0.29, 0.717) is 11.1 Å². The van der Waals surface area contributed by atoms with Crippen molar-refractivity contribution in [1.82, 2.24) is 9.78 Å². The molecule has 0 spiro atoms. The largest absolute Gasteiger partial charge is 0.404 e. The van der Waals surface area contributed by atoms with E-state index in [-0.39, 0.29) is 12.5 Å². The van der Waals surface area contributed by atoms with Gasteiger partial charge in [0.2, 0.25) is 0 Å². The zero-order valence-corrected chi connectivity index (χ0v) is 10.9. The zero-order chi connectivity index (χ0) is 13.0. The van der Waals surface area contributed by atoms with E-state index in [0.717, 1.165) is 5.56 Å². The van der Waals surface area contributed by atoms with E-state index < -0.39 is 4.92 Å². The first-order valence-corrected chi connectivity index (χ1v) is 5.95. The standard InChI is InChI=1S/C11H10BrN3O3/c12-10-6-14(13-11(10)15(16)17)8-18-7-9-4-2-1-3-5-9/h1-6H,7-8H2. The summed E-state index contributed by atoms with van der Waals surface area (Å²) in [6, 6.07) is 9.67. The van der Waals surface area contributed by atoms with E-state index >= 15 is 0 Å². The molecule has 2 rings (SSSR count). The summed E-state index contributed by atoms with van der Waals surface area (Å²) in [5.74, 6) is -0.210. The second-order valence-corrected chi connectivity index (χ2v) is 4.41. The van der Waals surface area contributed by atoms with Crippen molar-refractivity contribution in [3.8, 4) is 0 Å². The van der Waals surface area contributed by atoms with Crippen molar-refractivity contribution in [1.29, 1.82) is 0 Å². The van der Waals surface area contributed by atoms with Crippen LogP contribution in [0, 0.1) is 10.1 Å². The van der Waals surface area contributed by atoms with Crippen molar-refractivity contribution < 1.29 is 9.66 Å². The number of rotatable bonds is 5.